The fraction of sp³-hybridized carbons (Fsp3) is 0.485. The lowest BCUT2D eigenvalue weighted by atomic mass is 9.99. The molecule has 1 aromatic heterocycles. The Morgan fingerprint density at radius 3 is 2.10 bits per heavy atom. The molecule has 3 heterocycles. The van der Waals surface area contributed by atoms with Crippen LogP contribution in [0, 0.1) is 0 Å². The van der Waals surface area contributed by atoms with E-state index in [0.717, 1.165) is 11.6 Å². The average molecular weight is 693 g/mol. The molecule has 16 nitrogen and oxygen atoms in total. The zero-order chi connectivity index (χ0) is 35.9. The Morgan fingerprint density at radius 2 is 1.49 bits per heavy atom. The van der Waals surface area contributed by atoms with Gasteiger partial charge in [0.05, 0.1) is 19.8 Å². The number of phenolic OH excluding ortho intramolecular Hbond substituents is 2. The minimum Gasteiger partial charge on any atom is -0.507 e. The average Bonchev–Trinajstić information content (AvgIpc) is 3.06. The maximum Gasteiger partial charge on any atom is 0.239 e. The molecular weight excluding hydrogens is 652 g/mol. The summed E-state index contributed by atoms with van der Waals surface area (Å²) in [7, 11) is 1.33. The number of aliphatic hydroxyl groups excluding tert-OH is 7. The second kappa shape index (κ2) is 14.5. The van der Waals surface area contributed by atoms with Gasteiger partial charge in [-0.1, -0.05) is 11.6 Å². The maximum absolute atomic E-state index is 14.3. The number of aromatic hydroxyl groups is 2. The number of allylic oxidation sites excluding steroid dienone is 2. The van der Waals surface area contributed by atoms with E-state index in [2.05, 4.69) is 0 Å². The Morgan fingerprint density at radius 1 is 0.837 bits per heavy atom. The molecule has 2 aliphatic rings. The third-order valence-electron chi connectivity index (χ3n) is 8.46. The monoisotopic (exact) mass is 692 g/mol. The molecular formula is C33H40O16. The van der Waals surface area contributed by atoms with E-state index in [9.17, 15) is 50.8 Å². The van der Waals surface area contributed by atoms with Crippen LogP contribution in [0.5, 0.6) is 28.7 Å². The largest absolute Gasteiger partial charge is 0.507 e. The fourth-order valence-electron chi connectivity index (χ4n) is 5.61. The van der Waals surface area contributed by atoms with Crippen molar-refractivity contribution in [2.45, 2.75) is 88.6 Å². The Bertz CT molecular complexity index is 1750. The van der Waals surface area contributed by atoms with Gasteiger partial charge in [-0.25, -0.2) is 0 Å². The number of fused-ring (bicyclic) bond motifs is 1. The number of hydrogen-bond donors (Lipinski definition) is 9. The van der Waals surface area contributed by atoms with E-state index >= 15 is 0 Å². The number of ether oxygens (including phenoxy) is 5. The van der Waals surface area contributed by atoms with Gasteiger partial charge in [0.25, 0.3) is 0 Å². The molecule has 10 unspecified atom stereocenters. The van der Waals surface area contributed by atoms with Crippen molar-refractivity contribution in [2.24, 2.45) is 0 Å². The van der Waals surface area contributed by atoms with Gasteiger partial charge >= 0.3 is 0 Å². The van der Waals surface area contributed by atoms with Crippen molar-refractivity contribution in [3.05, 3.63) is 51.7 Å². The number of methoxy groups -OCH3 is 1. The van der Waals surface area contributed by atoms with Gasteiger partial charge in [0.1, 0.15) is 65.2 Å². The van der Waals surface area contributed by atoms with Crippen LogP contribution in [-0.2, 0) is 15.9 Å². The first kappa shape index (κ1) is 36.3. The van der Waals surface area contributed by atoms with Crippen LogP contribution in [0.1, 0.15) is 26.3 Å². The first-order valence-corrected chi connectivity index (χ1v) is 15.4. The van der Waals surface area contributed by atoms with Crippen molar-refractivity contribution in [1.82, 2.24) is 0 Å². The number of aliphatic hydroxyl groups is 7. The molecule has 2 saturated heterocycles. The van der Waals surface area contributed by atoms with Gasteiger partial charge in [-0.2, -0.15) is 0 Å². The molecule has 2 aromatic carbocycles. The molecule has 10 atom stereocenters. The highest BCUT2D eigenvalue weighted by Gasteiger charge is 2.46. The highest BCUT2D eigenvalue weighted by atomic mass is 16.7. The first-order valence-electron chi connectivity index (χ1n) is 15.4. The molecule has 0 saturated carbocycles. The summed E-state index contributed by atoms with van der Waals surface area (Å²) < 4.78 is 34.2. The molecule has 5 rings (SSSR count). The van der Waals surface area contributed by atoms with Crippen molar-refractivity contribution >= 4 is 11.0 Å². The molecule has 0 spiro atoms. The Hall–Kier alpha value is -3.97. The zero-order valence-corrected chi connectivity index (χ0v) is 27.0. The summed E-state index contributed by atoms with van der Waals surface area (Å²) in [6.45, 7) is 4.30. The molecule has 0 amide bonds. The van der Waals surface area contributed by atoms with Crippen molar-refractivity contribution in [2.75, 3.05) is 13.7 Å². The summed E-state index contributed by atoms with van der Waals surface area (Å²) in [5, 5.41) is 93.4. The number of phenols is 2. The fourth-order valence-corrected chi connectivity index (χ4v) is 5.61. The van der Waals surface area contributed by atoms with Crippen molar-refractivity contribution in [3.63, 3.8) is 0 Å². The molecule has 0 bridgehead atoms. The summed E-state index contributed by atoms with van der Waals surface area (Å²) in [5.74, 6) is -2.02. The summed E-state index contributed by atoms with van der Waals surface area (Å²) >= 11 is 0. The molecule has 0 radical (unpaired) electrons. The van der Waals surface area contributed by atoms with Gasteiger partial charge in [0.15, 0.2) is 17.3 Å². The number of rotatable bonds is 9. The van der Waals surface area contributed by atoms with Crippen LogP contribution in [0.2, 0.25) is 0 Å². The van der Waals surface area contributed by atoms with Crippen LogP contribution in [0.25, 0.3) is 22.3 Å². The third-order valence-corrected chi connectivity index (χ3v) is 8.46. The van der Waals surface area contributed by atoms with Gasteiger partial charge in [-0.15, -0.1) is 0 Å². The first-order chi connectivity index (χ1) is 23.2. The Balaban J connectivity index is 1.74. The summed E-state index contributed by atoms with van der Waals surface area (Å²) in [4.78, 5) is 14.3. The lowest BCUT2D eigenvalue weighted by Gasteiger charge is -2.39. The van der Waals surface area contributed by atoms with Crippen molar-refractivity contribution in [3.8, 4) is 40.1 Å². The van der Waals surface area contributed by atoms with Crippen LogP contribution in [0.3, 0.4) is 0 Å². The standard InChI is InChI=1S/C33H40O16/c1-12(2)5-7-15-19(46-33-28(43)26(41)23(38)20(11-34)47-33)10-17(36)21-24(39)31(49-32-27(42)25(40)22(37)13(3)45-32)29(48-30(15)21)14-6-8-18(44-4)16(35)9-14/h5-6,8-10,13,20,22-23,25-28,32-38,40-43H,7,11H2,1-4H3. The minimum atomic E-state index is -1.82. The molecule has 2 aliphatic heterocycles. The van der Waals surface area contributed by atoms with E-state index < -0.39 is 90.3 Å². The van der Waals surface area contributed by atoms with Gasteiger partial charge in [-0.05, 0) is 45.4 Å². The van der Waals surface area contributed by atoms with Crippen molar-refractivity contribution in [1.29, 1.82) is 0 Å². The van der Waals surface area contributed by atoms with Crippen LogP contribution in [0.4, 0.5) is 0 Å². The number of hydrogen-bond acceptors (Lipinski definition) is 16. The third kappa shape index (κ3) is 6.92. The van der Waals surface area contributed by atoms with Crippen LogP contribution < -0.4 is 19.6 Å². The van der Waals surface area contributed by atoms with E-state index in [1.165, 1.54) is 32.2 Å². The topological polar surface area (TPSA) is 258 Å². The van der Waals surface area contributed by atoms with Gasteiger partial charge in [-0.3, -0.25) is 4.79 Å². The van der Waals surface area contributed by atoms with E-state index in [1.54, 1.807) is 19.9 Å². The van der Waals surface area contributed by atoms with Crippen molar-refractivity contribution < 1.29 is 74.1 Å². The van der Waals surface area contributed by atoms with Gasteiger partial charge < -0.3 is 74.1 Å². The quantitative estimate of drug-likeness (QED) is 0.131. The van der Waals surface area contributed by atoms with Crippen LogP contribution in [0.15, 0.2) is 45.1 Å². The lowest BCUT2D eigenvalue weighted by molar-refractivity contribution is -0.277. The predicted molar refractivity (Wildman–Crippen MR) is 168 cm³/mol. The van der Waals surface area contributed by atoms with E-state index in [1.807, 2.05) is 0 Å². The maximum atomic E-state index is 14.3. The lowest BCUT2D eigenvalue weighted by Crippen LogP contribution is -2.60. The molecule has 0 aliphatic carbocycles. The smallest absolute Gasteiger partial charge is 0.239 e. The number of benzene rings is 2. The summed E-state index contributed by atoms with van der Waals surface area (Å²) in [6, 6.07) is 5.07. The zero-order valence-electron chi connectivity index (χ0n) is 27.0. The summed E-state index contributed by atoms with van der Waals surface area (Å²) in [5.41, 5.74) is -0.144. The molecule has 16 heteroatoms. The normalized spacial score (nSPS) is 30.2. The minimum absolute atomic E-state index is 0.0222. The highest BCUT2D eigenvalue weighted by Crippen LogP contribution is 2.42. The Kier molecular flexibility index (Phi) is 10.7. The Labute approximate surface area is 279 Å². The summed E-state index contributed by atoms with van der Waals surface area (Å²) in [6.07, 6.45) is -14.1. The second-order valence-electron chi connectivity index (χ2n) is 12.2. The van der Waals surface area contributed by atoms with E-state index in [4.69, 9.17) is 28.1 Å². The molecule has 268 valence electrons. The molecule has 9 N–H and O–H groups in total. The predicted octanol–water partition coefficient (Wildman–Crippen LogP) is -0.227. The molecule has 2 fully saturated rings. The molecule has 3 aromatic rings. The van der Waals surface area contributed by atoms with E-state index in [-0.39, 0.29) is 46.1 Å². The van der Waals surface area contributed by atoms with Gasteiger partial charge in [0, 0.05) is 17.2 Å². The van der Waals surface area contributed by atoms with Crippen LogP contribution >= 0.6 is 0 Å². The SMILES string of the molecule is COc1ccc(-c2oc3c(CC=C(C)C)c(OC4OC(CO)C(O)C(O)C4O)cc(O)c3c(=O)c2OC2OC(C)C(O)C(O)C2O)cc1O. The van der Waals surface area contributed by atoms with Gasteiger partial charge in [0.2, 0.25) is 23.8 Å². The van der Waals surface area contributed by atoms with Crippen LogP contribution in [-0.4, -0.2) is 121 Å². The van der Waals surface area contributed by atoms with E-state index in [0.29, 0.717) is 0 Å². The highest BCUT2D eigenvalue weighted by molar-refractivity contribution is 5.91. The molecule has 49 heavy (non-hydrogen) atoms. The second-order valence-corrected chi connectivity index (χ2v) is 12.2.